The van der Waals surface area contributed by atoms with Gasteiger partial charge < -0.3 is 4.57 Å². The zero-order chi connectivity index (χ0) is 8.27. The van der Waals surface area contributed by atoms with Crippen LogP contribution in [0.4, 0.5) is 0 Å². The molecule has 0 saturated carbocycles. The molecule has 66 valence electrons. The molecule has 0 aromatic carbocycles. The molecule has 0 spiro atoms. The standard InChI is InChI=1S/C9H21NSi/c1-4-9(3)10(5-2)11-7-6-8-11/h9,11H,4-8H2,1-3H3. The molecule has 11 heavy (non-hydrogen) atoms. The second-order valence-corrected chi connectivity index (χ2v) is 6.80. The maximum Gasteiger partial charge on any atom is 0.112 e. The number of hydrogen-bond acceptors (Lipinski definition) is 1. The highest BCUT2D eigenvalue weighted by molar-refractivity contribution is 6.58. The Morgan fingerprint density at radius 3 is 2.27 bits per heavy atom. The Balaban J connectivity index is 2.34. The largest absolute Gasteiger partial charge is 0.324 e. The number of nitrogens with zero attached hydrogens (tertiary/aromatic N) is 1. The minimum Gasteiger partial charge on any atom is -0.324 e. The molecular weight excluding hydrogens is 150 g/mol. The lowest BCUT2D eigenvalue weighted by atomic mass is 10.3. The van der Waals surface area contributed by atoms with Crippen LogP contribution in [0.5, 0.6) is 0 Å². The Morgan fingerprint density at radius 1 is 1.36 bits per heavy atom. The van der Waals surface area contributed by atoms with Gasteiger partial charge in [-0.1, -0.05) is 27.2 Å². The first-order valence-corrected chi connectivity index (χ1v) is 7.20. The molecular formula is C9H21NSi. The van der Waals surface area contributed by atoms with Gasteiger partial charge in [0.15, 0.2) is 0 Å². The van der Waals surface area contributed by atoms with Gasteiger partial charge in [0.05, 0.1) is 0 Å². The van der Waals surface area contributed by atoms with E-state index >= 15 is 0 Å². The predicted molar refractivity (Wildman–Crippen MR) is 53.5 cm³/mol. The van der Waals surface area contributed by atoms with Crippen molar-refractivity contribution >= 4 is 8.96 Å². The van der Waals surface area contributed by atoms with Crippen molar-refractivity contribution < 1.29 is 0 Å². The van der Waals surface area contributed by atoms with Crippen molar-refractivity contribution in [1.29, 1.82) is 0 Å². The van der Waals surface area contributed by atoms with Crippen LogP contribution in [0.3, 0.4) is 0 Å². The molecule has 1 nitrogen and oxygen atoms in total. The fourth-order valence-corrected chi connectivity index (χ4v) is 4.77. The van der Waals surface area contributed by atoms with Crippen molar-refractivity contribution in [3.05, 3.63) is 0 Å². The fourth-order valence-electron chi connectivity index (χ4n) is 1.88. The summed E-state index contributed by atoms with van der Waals surface area (Å²) in [6.45, 7) is 8.30. The van der Waals surface area contributed by atoms with Crippen LogP contribution in [0.2, 0.25) is 12.1 Å². The van der Waals surface area contributed by atoms with Crippen LogP contribution >= 0.6 is 0 Å². The molecule has 1 aliphatic heterocycles. The van der Waals surface area contributed by atoms with E-state index in [1.165, 1.54) is 19.4 Å². The van der Waals surface area contributed by atoms with Gasteiger partial charge in [0.1, 0.15) is 8.96 Å². The third-order valence-electron chi connectivity index (χ3n) is 3.07. The maximum atomic E-state index is 2.80. The minimum atomic E-state index is -0.358. The molecule has 1 heterocycles. The van der Waals surface area contributed by atoms with Gasteiger partial charge in [-0.3, -0.25) is 0 Å². The van der Waals surface area contributed by atoms with Crippen LogP contribution < -0.4 is 0 Å². The average molecular weight is 171 g/mol. The van der Waals surface area contributed by atoms with E-state index in [-0.39, 0.29) is 8.96 Å². The van der Waals surface area contributed by atoms with Crippen molar-refractivity contribution in [2.75, 3.05) is 6.54 Å². The summed E-state index contributed by atoms with van der Waals surface area (Å²) in [5.74, 6) is 0. The first-order chi connectivity index (χ1) is 5.29. The lowest BCUT2D eigenvalue weighted by molar-refractivity contribution is 0.338. The molecule has 0 aromatic rings. The highest BCUT2D eigenvalue weighted by Crippen LogP contribution is 2.25. The number of rotatable bonds is 4. The van der Waals surface area contributed by atoms with Crippen molar-refractivity contribution in [2.45, 2.75) is 51.7 Å². The molecule has 0 aliphatic carbocycles. The molecule has 1 aliphatic rings. The molecule has 0 aromatic heterocycles. The zero-order valence-electron chi connectivity index (χ0n) is 8.14. The smallest absolute Gasteiger partial charge is 0.112 e. The van der Waals surface area contributed by atoms with Crippen LogP contribution in [0.1, 0.15) is 33.6 Å². The van der Waals surface area contributed by atoms with Gasteiger partial charge in [0.2, 0.25) is 0 Å². The summed E-state index contributed by atoms with van der Waals surface area (Å²) < 4.78 is 2.80. The summed E-state index contributed by atoms with van der Waals surface area (Å²) in [4.78, 5) is 0. The van der Waals surface area contributed by atoms with E-state index in [1.807, 2.05) is 0 Å². The molecule has 0 amide bonds. The van der Waals surface area contributed by atoms with E-state index in [9.17, 15) is 0 Å². The molecule has 1 unspecified atom stereocenters. The van der Waals surface area contributed by atoms with Gasteiger partial charge in [-0.2, -0.15) is 0 Å². The number of hydrogen-bond donors (Lipinski definition) is 0. The molecule has 1 rings (SSSR count). The van der Waals surface area contributed by atoms with E-state index in [4.69, 9.17) is 0 Å². The van der Waals surface area contributed by atoms with Crippen molar-refractivity contribution in [2.24, 2.45) is 0 Å². The van der Waals surface area contributed by atoms with E-state index in [2.05, 4.69) is 25.3 Å². The Morgan fingerprint density at radius 2 is 2.00 bits per heavy atom. The van der Waals surface area contributed by atoms with Gasteiger partial charge in [-0.15, -0.1) is 0 Å². The molecule has 2 heteroatoms. The van der Waals surface area contributed by atoms with Crippen LogP contribution in [-0.2, 0) is 0 Å². The summed E-state index contributed by atoms with van der Waals surface area (Å²) in [6, 6.07) is 4.02. The second-order valence-electron chi connectivity index (χ2n) is 3.67. The van der Waals surface area contributed by atoms with Crippen molar-refractivity contribution in [3.8, 4) is 0 Å². The Hall–Kier alpha value is 0.177. The topological polar surface area (TPSA) is 3.24 Å². The van der Waals surface area contributed by atoms with E-state index in [1.54, 1.807) is 12.1 Å². The average Bonchev–Trinajstić information content (AvgIpc) is 1.94. The molecule has 1 atom stereocenters. The van der Waals surface area contributed by atoms with Gasteiger partial charge in [0, 0.05) is 0 Å². The highest BCUT2D eigenvalue weighted by atomic mass is 28.3. The van der Waals surface area contributed by atoms with Crippen LogP contribution in [0, 0.1) is 0 Å². The minimum absolute atomic E-state index is 0.358. The summed E-state index contributed by atoms with van der Waals surface area (Å²) >= 11 is 0. The monoisotopic (exact) mass is 171 g/mol. The fraction of sp³-hybridized carbons (Fsp3) is 1.00. The van der Waals surface area contributed by atoms with Crippen LogP contribution in [0.15, 0.2) is 0 Å². The Bertz CT molecular complexity index is 107. The lowest BCUT2D eigenvalue weighted by Crippen LogP contribution is -2.48. The van der Waals surface area contributed by atoms with Crippen molar-refractivity contribution in [3.63, 3.8) is 0 Å². The first-order valence-electron chi connectivity index (χ1n) is 5.05. The predicted octanol–water partition coefficient (Wildman–Crippen LogP) is 2.23. The van der Waals surface area contributed by atoms with E-state index < -0.39 is 0 Å². The second kappa shape index (κ2) is 4.26. The molecule has 1 saturated heterocycles. The van der Waals surface area contributed by atoms with Gasteiger partial charge in [0.25, 0.3) is 0 Å². The van der Waals surface area contributed by atoms with Gasteiger partial charge >= 0.3 is 0 Å². The normalized spacial score (nSPS) is 21.8. The maximum absolute atomic E-state index is 2.80. The van der Waals surface area contributed by atoms with Crippen LogP contribution in [0.25, 0.3) is 0 Å². The summed E-state index contributed by atoms with van der Waals surface area (Å²) in [7, 11) is -0.358. The first kappa shape index (κ1) is 9.27. The zero-order valence-corrected chi connectivity index (χ0v) is 9.29. The molecule has 0 radical (unpaired) electrons. The third kappa shape index (κ3) is 2.06. The van der Waals surface area contributed by atoms with Gasteiger partial charge in [-0.25, -0.2) is 0 Å². The van der Waals surface area contributed by atoms with Gasteiger partial charge in [-0.05, 0) is 31.1 Å². The quantitative estimate of drug-likeness (QED) is 0.586. The SMILES string of the molecule is CCC(C)N(CC)[SiH]1CCC1. The van der Waals surface area contributed by atoms with E-state index in [0.717, 1.165) is 6.04 Å². The lowest BCUT2D eigenvalue weighted by Gasteiger charge is -2.39. The molecule has 0 bridgehead atoms. The van der Waals surface area contributed by atoms with Crippen molar-refractivity contribution in [1.82, 2.24) is 4.57 Å². The Labute approximate surface area is 72.5 Å². The summed E-state index contributed by atoms with van der Waals surface area (Å²) in [5, 5.41) is 0. The summed E-state index contributed by atoms with van der Waals surface area (Å²) in [5.41, 5.74) is 0. The molecule has 0 N–H and O–H groups in total. The highest BCUT2D eigenvalue weighted by Gasteiger charge is 2.27. The molecule has 1 fully saturated rings. The third-order valence-corrected chi connectivity index (χ3v) is 7.03. The van der Waals surface area contributed by atoms with E-state index in [0.29, 0.717) is 0 Å². The Kier molecular flexibility index (Phi) is 3.59. The summed E-state index contributed by atoms with van der Waals surface area (Å²) in [6.07, 6.45) is 2.85. The van der Waals surface area contributed by atoms with Crippen LogP contribution in [-0.4, -0.2) is 26.1 Å².